The summed E-state index contributed by atoms with van der Waals surface area (Å²) in [5.74, 6) is 0.707. The van der Waals surface area contributed by atoms with Crippen molar-refractivity contribution in [3.05, 3.63) is 58.3 Å². The summed E-state index contributed by atoms with van der Waals surface area (Å²) in [6, 6.07) is 14.3. The molecule has 0 saturated carbocycles. The molecule has 1 aromatic carbocycles. The SMILES string of the molecule is CN=C(NCC(=O)NCCc1ccccc1)N(C)CCc1cccs1.I. The summed E-state index contributed by atoms with van der Waals surface area (Å²) in [6.07, 6.45) is 1.81. The quantitative estimate of drug-likeness (QED) is 0.343. The molecule has 0 fully saturated rings. The molecule has 1 heterocycles. The van der Waals surface area contributed by atoms with E-state index >= 15 is 0 Å². The molecule has 26 heavy (non-hydrogen) atoms. The van der Waals surface area contributed by atoms with E-state index in [1.165, 1.54) is 10.4 Å². The first-order valence-electron chi connectivity index (χ1n) is 8.44. The Bertz CT molecular complexity index is 661. The second-order valence-electron chi connectivity index (χ2n) is 5.74. The molecule has 0 atom stereocenters. The third-order valence-corrected chi connectivity index (χ3v) is 4.77. The first-order chi connectivity index (χ1) is 12.2. The lowest BCUT2D eigenvalue weighted by Gasteiger charge is -2.21. The second-order valence-corrected chi connectivity index (χ2v) is 6.77. The molecule has 5 nitrogen and oxygen atoms in total. The summed E-state index contributed by atoms with van der Waals surface area (Å²) in [5.41, 5.74) is 1.22. The minimum atomic E-state index is -0.0243. The standard InChI is InChI=1S/C19H26N4OS.HI/c1-20-19(23(2)13-11-17-9-6-14-25-17)22-15-18(24)21-12-10-16-7-4-3-5-8-16;/h3-9,14H,10-13,15H2,1-2H3,(H,20,22)(H,21,24);1H. The fourth-order valence-corrected chi connectivity index (χ4v) is 3.13. The Morgan fingerprint density at radius 2 is 1.88 bits per heavy atom. The molecular weight excluding hydrogens is 459 g/mol. The largest absolute Gasteiger partial charge is 0.354 e. The molecule has 0 aliphatic carbocycles. The van der Waals surface area contributed by atoms with Crippen LogP contribution in [0.1, 0.15) is 10.4 Å². The molecule has 2 N–H and O–H groups in total. The summed E-state index contributed by atoms with van der Waals surface area (Å²) in [5, 5.41) is 8.13. The molecule has 0 aliphatic rings. The molecule has 2 aromatic rings. The molecule has 0 unspecified atom stereocenters. The first-order valence-corrected chi connectivity index (χ1v) is 9.32. The second kappa shape index (κ2) is 12.7. The summed E-state index contributed by atoms with van der Waals surface area (Å²) in [6.45, 7) is 1.72. The van der Waals surface area contributed by atoms with Crippen LogP contribution in [0, 0.1) is 0 Å². The van der Waals surface area contributed by atoms with Crippen LogP contribution in [-0.2, 0) is 17.6 Å². The predicted molar refractivity (Wildman–Crippen MR) is 121 cm³/mol. The highest BCUT2D eigenvalue weighted by molar-refractivity contribution is 14.0. The average molecular weight is 486 g/mol. The number of halogens is 1. The van der Waals surface area contributed by atoms with E-state index in [-0.39, 0.29) is 36.4 Å². The van der Waals surface area contributed by atoms with Crippen LogP contribution < -0.4 is 10.6 Å². The number of hydrogen-bond donors (Lipinski definition) is 2. The van der Waals surface area contributed by atoms with Gasteiger partial charge in [-0.1, -0.05) is 36.4 Å². The summed E-state index contributed by atoms with van der Waals surface area (Å²) < 4.78 is 0. The van der Waals surface area contributed by atoms with E-state index in [9.17, 15) is 4.79 Å². The van der Waals surface area contributed by atoms with Crippen LogP contribution >= 0.6 is 35.3 Å². The minimum absolute atomic E-state index is 0. The van der Waals surface area contributed by atoms with Gasteiger partial charge < -0.3 is 15.5 Å². The number of aliphatic imine (C=N–C) groups is 1. The lowest BCUT2D eigenvalue weighted by Crippen LogP contribution is -2.44. The number of carbonyl (C=O) groups excluding carboxylic acids is 1. The molecule has 1 aromatic heterocycles. The van der Waals surface area contributed by atoms with Gasteiger partial charge >= 0.3 is 0 Å². The number of thiophene rings is 1. The van der Waals surface area contributed by atoms with Gasteiger partial charge in [-0.2, -0.15) is 0 Å². The van der Waals surface area contributed by atoms with Crippen molar-refractivity contribution in [2.24, 2.45) is 4.99 Å². The molecule has 2 rings (SSSR count). The van der Waals surface area contributed by atoms with Gasteiger partial charge in [0.05, 0.1) is 6.54 Å². The number of nitrogens with zero attached hydrogens (tertiary/aromatic N) is 2. The van der Waals surface area contributed by atoms with E-state index in [1.807, 2.05) is 30.1 Å². The highest BCUT2D eigenvalue weighted by Crippen LogP contribution is 2.09. The van der Waals surface area contributed by atoms with E-state index in [4.69, 9.17) is 0 Å². The normalized spacial score (nSPS) is 10.8. The van der Waals surface area contributed by atoms with Gasteiger partial charge in [-0.15, -0.1) is 35.3 Å². The summed E-state index contributed by atoms with van der Waals surface area (Å²) in [7, 11) is 3.72. The van der Waals surface area contributed by atoms with Crippen LogP contribution in [0.3, 0.4) is 0 Å². The number of rotatable bonds is 8. The average Bonchev–Trinajstić information content (AvgIpc) is 3.15. The molecule has 7 heteroatoms. The Balaban J connectivity index is 0.00000338. The smallest absolute Gasteiger partial charge is 0.239 e. The number of guanidine groups is 1. The lowest BCUT2D eigenvalue weighted by molar-refractivity contribution is -0.120. The third kappa shape index (κ3) is 8.18. The number of likely N-dealkylation sites (N-methyl/N-ethyl adjacent to an activating group) is 1. The highest BCUT2D eigenvalue weighted by atomic mass is 127. The third-order valence-electron chi connectivity index (χ3n) is 3.83. The van der Waals surface area contributed by atoms with Gasteiger partial charge in [0, 0.05) is 32.1 Å². The first kappa shape index (κ1) is 22.4. The lowest BCUT2D eigenvalue weighted by atomic mass is 10.1. The number of amides is 1. The molecule has 142 valence electrons. The maximum Gasteiger partial charge on any atom is 0.239 e. The van der Waals surface area contributed by atoms with Gasteiger partial charge in [0.15, 0.2) is 5.96 Å². The van der Waals surface area contributed by atoms with Crippen LogP contribution in [-0.4, -0.2) is 50.5 Å². The van der Waals surface area contributed by atoms with Gasteiger partial charge in [-0.05, 0) is 29.9 Å². The van der Waals surface area contributed by atoms with Gasteiger partial charge in [-0.25, -0.2) is 0 Å². The van der Waals surface area contributed by atoms with Crippen LogP contribution in [0.2, 0.25) is 0 Å². The van der Waals surface area contributed by atoms with Gasteiger partial charge in [0.2, 0.25) is 5.91 Å². The van der Waals surface area contributed by atoms with Gasteiger partial charge in [-0.3, -0.25) is 9.79 Å². The van der Waals surface area contributed by atoms with Crippen molar-refractivity contribution in [2.75, 3.05) is 33.7 Å². The Labute approximate surface area is 176 Å². The van der Waals surface area contributed by atoms with Crippen molar-refractivity contribution in [1.82, 2.24) is 15.5 Å². The van der Waals surface area contributed by atoms with E-state index in [2.05, 4.69) is 45.3 Å². The predicted octanol–water partition coefficient (Wildman–Crippen LogP) is 2.77. The highest BCUT2D eigenvalue weighted by Gasteiger charge is 2.08. The molecule has 0 aliphatic heterocycles. The maximum absolute atomic E-state index is 12.0. The van der Waals surface area contributed by atoms with E-state index in [0.29, 0.717) is 6.54 Å². The Morgan fingerprint density at radius 3 is 2.54 bits per heavy atom. The fraction of sp³-hybridized carbons (Fsp3) is 0.368. The molecule has 0 radical (unpaired) electrons. The molecule has 0 saturated heterocycles. The van der Waals surface area contributed by atoms with E-state index < -0.39 is 0 Å². The van der Waals surface area contributed by atoms with Crippen LogP contribution in [0.5, 0.6) is 0 Å². The Morgan fingerprint density at radius 1 is 1.12 bits per heavy atom. The van der Waals surface area contributed by atoms with Crippen LogP contribution in [0.25, 0.3) is 0 Å². The maximum atomic E-state index is 12.0. The van der Waals surface area contributed by atoms with Gasteiger partial charge in [0.25, 0.3) is 0 Å². The van der Waals surface area contributed by atoms with E-state index in [0.717, 1.165) is 25.3 Å². The monoisotopic (exact) mass is 486 g/mol. The molecule has 0 bridgehead atoms. The topological polar surface area (TPSA) is 56.7 Å². The summed E-state index contributed by atoms with van der Waals surface area (Å²) >= 11 is 1.76. The zero-order valence-corrected chi connectivity index (χ0v) is 18.4. The van der Waals surface area contributed by atoms with Crippen molar-refractivity contribution < 1.29 is 4.79 Å². The zero-order valence-electron chi connectivity index (χ0n) is 15.3. The van der Waals surface area contributed by atoms with E-state index in [1.54, 1.807) is 18.4 Å². The zero-order chi connectivity index (χ0) is 17.9. The van der Waals surface area contributed by atoms with Crippen molar-refractivity contribution >= 4 is 47.2 Å². The minimum Gasteiger partial charge on any atom is -0.354 e. The Hall–Kier alpha value is -1.61. The number of nitrogens with one attached hydrogen (secondary N) is 2. The van der Waals surface area contributed by atoms with Crippen molar-refractivity contribution in [3.8, 4) is 0 Å². The fourth-order valence-electron chi connectivity index (χ4n) is 2.44. The molecule has 0 spiro atoms. The van der Waals surface area contributed by atoms with Gasteiger partial charge in [0.1, 0.15) is 0 Å². The van der Waals surface area contributed by atoms with Crippen molar-refractivity contribution in [1.29, 1.82) is 0 Å². The molecule has 1 amide bonds. The summed E-state index contributed by atoms with van der Waals surface area (Å²) in [4.78, 5) is 19.6. The molecular formula is C19H27IN4OS. The van der Waals surface area contributed by atoms with Crippen LogP contribution in [0.15, 0.2) is 52.8 Å². The van der Waals surface area contributed by atoms with Crippen LogP contribution in [0.4, 0.5) is 0 Å². The number of benzene rings is 1. The number of carbonyl (C=O) groups is 1. The van der Waals surface area contributed by atoms with Crippen molar-refractivity contribution in [2.45, 2.75) is 12.8 Å². The number of hydrogen-bond acceptors (Lipinski definition) is 3. The van der Waals surface area contributed by atoms with Crippen molar-refractivity contribution in [3.63, 3.8) is 0 Å². The Kier molecular flexibility index (Phi) is 11.0.